The highest BCUT2D eigenvalue weighted by Crippen LogP contribution is 2.20. The van der Waals surface area contributed by atoms with Gasteiger partial charge in [-0.25, -0.2) is 0 Å². The fourth-order valence-corrected chi connectivity index (χ4v) is 2.03. The zero-order valence-corrected chi connectivity index (χ0v) is 11.6. The van der Waals surface area contributed by atoms with E-state index in [0.29, 0.717) is 23.9 Å². The highest BCUT2D eigenvalue weighted by molar-refractivity contribution is 6.30. The highest BCUT2D eigenvalue weighted by atomic mass is 35.5. The number of aromatic nitrogens is 5. The Labute approximate surface area is 115 Å². The molecule has 7 nitrogen and oxygen atoms in total. The first kappa shape index (κ1) is 13.7. The second-order valence-electron chi connectivity index (χ2n) is 4.23. The van der Waals surface area contributed by atoms with Gasteiger partial charge in [0.05, 0.1) is 18.4 Å². The number of aryl methyl sites for hydroxylation is 2. The smallest absolute Gasteiger partial charge is 0.189 e. The molecule has 0 fully saturated rings. The first-order valence-corrected chi connectivity index (χ1v) is 6.22. The van der Waals surface area contributed by atoms with Gasteiger partial charge in [0.2, 0.25) is 0 Å². The van der Waals surface area contributed by atoms with Gasteiger partial charge in [0.25, 0.3) is 0 Å². The van der Waals surface area contributed by atoms with E-state index in [4.69, 9.17) is 17.3 Å². The molecule has 8 heteroatoms. The van der Waals surface area contributed by atoms with Gasteiger partial charge in [0.15, 0.2) is 5.78 Å². The maximum absolute atomic E-state index is 12.1. The molecule has 0 saturated carbocycles. The first-order valence-electron chi connectivity index (χ1n) is 5.84. The van der Waals surface area contributed by atoms with Gasteiger partial charge >= 0.3 is 0 Å². The van der Waals surface area contributed by atoms with Crippen molar-refractivity contribution in [3.63, 3.8) is 0 Å². The number of hydrogen-bond acceptors (Lipinski definition) is 5. The van der Waals surface area contributed by atoms with E-state index in [0.717, 1.165) is 11.3 Å². The van der Waals surface area contributed by atoms with Crippen LogP contribution in [-0.4, -0.2) is 37.1 Å². The van der Waals surface area contributed by atoms with Crippen LogP contribution in [0.15, 0.2) is 6.20 Å². The lowest BCUT2D eigenvalue weighted by molar-refractivity contribution is 0.0988. The van der Waals surface area contributed by atoms with Crippen LogP contribution in [0, 0.1) is 6.92 Å². The molecule has 0 unspecified atom stereocenters. The summed E-state index contributed by atoms with van der Waals surface area (Å²) in [5.74, 6) is -0.138. The first-order chi connectivity index (χ1) is 9.02. The van der Waals surface area contributed by atoms with Gasteiger partial charge in [0, 0.05) is 25.6 Å². The number of Topliss-reactive ketones (excluding diaryl/α,β-unsaturated/α-hetero) is 1. The van der Waals surface area contributed by atoms with Crippen molar-refractivity contribution in [1.29, 1.82) is 0 Å². The molecule has 102 valence electrons. The number of carbonyl (C=O) groups excluding carboxylic acids is 1. The third kappa shape index (κ3) is 2.82. The van der Waals surface area contributed by atoms with Gasteiger partial charge in [-0.15, -0.1) is 5.10 Å². The van der Waals surface area contributed by atoms with Crippen molar-refractivity contribution in [3.8, 4) is 0 Å². The Bertz CT molecular complexity index is 602. The SMILES string of the molecule is Cc1nn(C)c(Cl)c1CC(=O)c1cn(CCN)nn1. The average Bonchev–Trinajstić information content (AvgIpc) is 2.91. The van der Waals surface area contributed by atoms with E-state index >= 15 is 0 Å². The summed E-state index contributed by atoms with van der Waals surface area (Å²) in [7, 11) is 1.74. The molecule has 2 heterocycles. The molecule has 2 N–H and O–H groups in total. The van der Waals surface area contributed by atoms with Crippen LogP contribution in [0.1, 0.15) is 21.7 Å². The predicted octanol–water partition coefficient (Wildman–Crippen LogP) is 0.358. The Balaban J connectivity index is 2.16. The molecule has 0 aromatic carbocycles. The topological polar surface area (TPSA) is 91.6 Å². The molecular weight excluding hydrogens is 268 g/mol. The van der Waals surface area contributed by atoms with Gasteiger partial charge in [-0.2, -0.15) is 5.10 Å². The number of nitrogens with zero attached hydrogens (tertiary/aromatic N) is 5. The second-order valence-corrected chi connectivity index (χ2v) is 4.59. The number of carbonyl (C=O) groups is 1. The van der Waals surface area contributed by atoms with Crippen LogP contribution in [0.4, 0.5) is 0 Å². The lowest BCUT2D eigenvalue weighted by Gasteiger charge is -1.98. The summed E-state index contributed by atoms with van der Waals surface area (Å²) < 4.78 is 3.09. The van der Waals surface area contributed by atoms with Gasteiger partial charge in [-0.3, -0.25) is 14.2 Å². The molecule has 0 aliphatic rings. The molecule has 19 heavy (non-hydrogen) atoms. The number of rotatable bonds is 5. The normalized spacial score (nSPS) is 10.9. The molecule has 0 spiro atoms. The molecule has 0 amide bonds. The minimum absolute atomic E-state index is 0.138. The van der Waals surface area contributed by atoms with Crippen LogP contribution in [0.5, 0.6) is 0 Å². The van der Waals surface area contributed by atoms with Gasteiger partial charge in [0.1, 0.15) is 10.8 Å². The lowest BCUT2D eigenvalue weighted by atomic mass is 10.1. The van der Waals surface area contributed by atoms with Crippen LogP contribution >= 0.6 is 11.6 Å². The lowest BCUT2D eigenvalue weighted by Crippen LogP contribution is -2.10. The predicted molar refractivity (Wildman–Crippen MR) is 70.1 cm³/mol. The van der Waals surface area contributed by atoms with E-state index in [-0.39, 0.29) is 12.2 Å². The summed E-state index contributed by atoms with van der Waals surface area (Å²) in [5.41, 5.74) is 7.19. The summed E-state index contributed by atoms with van der Waals surface area (Å²) in [6, 6.07) is 0. The molecule has 0 aliphatic carbocycles. The summed E-state index contributed by atoms with van der Waals surface area (Å²) >= 11 is 6.09. The molecular formula is C11H15ClN6O. The van der Waals surface area contributed by atoms with Gasteiger partial charge < -0.3 is 5.73 Å². The van der Waals surface area contributed by atoms with E-state index in [2.05, 4.69) is 15.4 Å². The highest BCUT2D eigenvalue weighted by Gasteiger charge is 2.18. The van der Waals surface area contributed by atoms with E-state index in [1.165, 1.54) is 0 Å². The molecule has 2 aromatic heterocycles. The Morgan fingerprint density at radius 2 is 2.26 bits per heavy atom. The molecule has 0 aliphatic heterocycles. The van der Waals surface area contributed by atoms with Crippen molar-refractivity contribution in [3.05, 3.63) is 28.3 Å². The Morgan fingerprint density at radius 1 is 1.53 bits per heavy atom. The Hall–Kier alpha value is -1.73. The number of halogens is 1. The molecule has 0 bridgehead atoms. The second kappa shape index (κ2) is 5.50. The molecule has 0 atom stereocenters. The summed E-state index contributed by atoms with van der Waals surface area (Å²) in [4.78, 5) is 12.1. The average molecular weight is 283 g/mol. The Morgan fingerprint density at radius 3 is 2.84 bits per heavy atom. The standard InChI is InChI=1S/C11H15ClN6O/c1-7-8(11(12)17(2)15-7)5-10(19)9-6-18(4-3-13)16-14-9/h6H,3-5,13H2,1-2H3. The minimum atomic E-state index is -0.138. The minimum Gasteiger partial charge on any atom is -0.329 e. The summed E-state index contributed by atoms with van der Waals surface area (Å²) in [6.45, 7) is 2.80. The van der Waals surface area contributed by atoms with Crippen LogP contribution < -0.4 is 5.73 Å². The summed E-state index contributed by atoms with van der Waals surface area (Å²) in [5, 5.41) is 12.3. The fraction of sp³-hybridized carbons (Fsp3) is 0.455. The quantitative estimate of drug-likeness (QED) is 0.799. The van der Waals surface area contributed by atoms with Gasteiger partial charge in [-0.1, -0.05) is 16.8 Å². The number of nitrogens with two attached hydrogens (primary N) is 1. The van der Waals surface area contributed by atoms with Crippen LogP contribution in [0.2, 0.25) is 5.15 Å². The third-order valence-electron chi connectivity index (χ3n) is 2.79. The third-order valence-corrected chi connectivity index (χ3v) is 3.26. The van der Waals surface area contributed by atoms with Crippen molar-refractivity contribution < 1.29 is 4.79 Å². The monoisotopic (exact) mass is 282 g/mol. The van der Waals surface area contributed by atoms with E-state index in [1.54, 1.807) is 22.6 Å². The number of hydrogen-bond donors (Lipinski definition) is 1. The molecule has 2 rings (SSSR count). The summed E-state index contributed by atoms with van der Waals surface area (Å²) in [6.07, 6.45) is 1.76. The van der Waals surface area contributed by atoms with E-state index in [9.17, 15) is 4.79 Å². The van der Waals surface area contributed by atoms with Crippen LogP contribution in [0.3, 0.4) is 0 Å². The molecule has 0 saturated heterocycles. The van der Waals surface area contributed by atoms with Crippen LogP contribution in [-0.2, 0) is 20.0 Å². The maximum atomic E-state index is 12.1. The van der Waals surface area contributed by atoms with E-state index < -0.39 is 0 Å². The Kier molecular flexibility index (Phi) is 3.96. The molecule has 2 aromatic rings. The zero-order chi connectivity index (χ0) is 14.0. The van der Waals surface area contributed by atoms with Gasteiger partial charge in [-0.05, 0) is 6.92 Å². The fourth-order valence-electron chi connectivity index (χ4n) is 1.79. The van der Waals surface area contributed by atoms with Crippen molar-refractivity contribution >= 4 is 17.4 Å². The van der Waals surface area contributed by atoms with Crippen molar-refractivity contribution in [1.82, 2.24) is 24.8 Å². The van der Waals surface area contributed by atoms with Crippen molar-refractivity contribution in [2.45, 2.75) is 19.9 Å². The maximum Gasteiger partial charge on any atom is 0.189 e. The van der Waals surface area contributed by atoms with Crippen LogP contribution in [0.25, 0.3) is 0 Å². The van der Waals surface area contributed by atoms with Crippen molar-refractivity contribution in [2.75, 3.05) is 6.54 Å². The zero-order valence-electron chi connectivity index (χ0n) is 10.8. The molecule has 0 radical (unpaired) electrons. The van der Waals surface area contributed by atoms with Crippen molar-refractivity contribution in [2.24, 2.45) is 12.8 Å². The number of ketones is 1. The van der Waals surface area contributed by atoms with E-state index in [1.807, 2.05) is 6.92 Å². The largest absolute Gasteiger partial charge is 0.329 e.